The van der Waals surface area contributed by atoms with Crippen molar-refractivity contribution in [3.63, 3.8) is 0 Å². The van der Waals surface area contributed by atoms with E-state index in [4.69, 9.17) is 4.74 Å². The minimum atomic E-state index is -4.75. The highest BCUT2D eigenvalue weighted by Gasteiger charge is 2.36. The molecule has 4 rings (SSSR count). The van der Waals surface area contributed by atoms with Crippen LogP contribution in [0.1, 0.15) is 24.0 Å². The maximum absolute atomic E-state index is 13.4. The average Bonchev–Trinajstić information content (AvgIpc) is 2.66. The van der Waals surface area contributed by atoms with Crippen LogP contribution in [0.3, 0.4) is 0 Å². The molecule has 8 heteroatoms. The number of nitrogens with zero attached hydrogens (tertiary/aromatic N) is 1. The van der Waals surface area contributed by atoms with E-state index in [0.29, 0.717) is 6.54 Å². The SMILES string of the molecule is Cl.Fc1ccc(O[C@@H]2CC[C@H]2NCc2cccc3cnccc23)cc1C(F)(F)F. The number of rotatable bonds is 5. The van der Waals surface area contributed by atoms with Crippen molar-refractivity contribution in [1.29, 1.82) is 0 Å². The maximum atomic E-state index is 13.4. The Morgan fingerprint density at radius 2 is 1.93 bits per heavy atom. The molecule has 0 radical (unpaired) electrons. The number of halogens is 5. The van der Waals surface area contributed by atoms with Crippen LogP contribution < -0.4 is 10.1 Å². The molecule has 1 aromatic heterocycles. The summed E-state index contributed by atoms with van der Waals surface area (Å²) in [6.45, 7) is 0.614. The lowest BCUT2D eigenvalue weighted by atomic mass is 9.88. The fraction of sp³-hybridized carbons (Fsp3) is 0.286. The number of hydrogen-bond donors (Lipinski definition) is 1. The van der Waals surface area contributed by atoms with E-state index in [1.807, 2.05) is 24.3 Å². The molecule has 2 aromatic carbocycles. The molecular formula is C21H19ClF4N2O. The molecule has 0 bridgehead atoms. The van der Waals surface area contributed by atoms with Crippen LogP contribution in [-0.4, -0.2) is 17.1 Å². The Morgan fingerprint density at radius 1 is 1.10 bits per heavy atom. The normalized spacial score (nSPS) is 18.8. The molecule has 0 aliphatic heterocycles. The third-order valence-electron chi connectivity index (χ3n) is 5.07. The van der Waals surface area contributed by atoms with Crippen molar-refractivity contribution in [1.82, 2.24) is 10.3 Å². The predicted octanol–water partition coefficient (Wildman–Crippen LogP) is 5.51. The number of pyridine rings is 1. The second-order valence-electron chi connectivity index (χ2n) is 6.87. The van der Waals surface area contributed by atoms with Crippen LogP contribution >= 0.6 is 12.4 Å². The lowest BCUT2D eigenvalue weighted by Gasteiger charge is -2.37. The molecule has 0 spiro atoms. The number of ether oxygens (including phenoxy) is 1. The van der Waals surface area contributed by atoms with Crippen molar-refractivity contribution >= 4 is 23.2 Å². The topological polar surface area (TPSA) is 34.1 Å². The summed E-state index contributed by atoms with van der Waals surface area (Å²) in [5, 5.41) is 5.57. The Hall–Kier alpha value is -2.38. The Labute approximate surface area is 171 Å². The smallest absolute Gasteiger partial charge is 0.419 e. The van der Waals surface area contributed by atoms with Gasteiger partial charge in [0.05, 0.1) is 5.56 Å². The Balaban J connectivity index is 0.00000240. The third-order valence-corrected chi connectivity index (χ3v) is 5.07. The summed E-state index contributed by atoms with van der Waals surface area (Å²) >= 11 is 0. The third kappa shape index (κ3) is 4.62. The lowest BCUT2D eigenvalue weighted by molar-refractivity contribution is -0.140. The van der Waals surface area contributed by atoms with Gasteiger partial charge in [0.25, 0.3) is 0 Å². The quantitative estimate of drug-likeness (QED) is 0.546. The summed E-state index contributed by atoms with van der Waals surface area (Å²) in [6.07, 6.45) is 0.155. The zero-order valence-corrected chi connectivity index (χ0v) is 16.1. The van der Waals surface area contributed by atoms with Gasteiger partial charge in [-0.1, -0.05) is 18.2 Å². The van der Waals surface area contributed by atoms with Crippen LogP contribution in [0.25, 0.3) is 10.8 Å². The van der Waals surface area contributed by atoms with E-state index in [1.54, 1.807) is 12.4 Å². The first-order valence-electron chi connectivity index (χ1n) is 9.00. The molecule has 0 saturated heterocycles. The molecule has 1 aliphatic carbocycles. The zero-order valence-electron chi connectivity index (χ0n) is 15.2. The summed E-state index contributed by atoms with van der Waals surface area (Å²) in [4.78, 5) is 4.12. The average molecular weight is 427 g/mol. The van der Waals surface area contributed by atoms with Gasteiger partial charge in [0.2, 0.25) is 0 Å². The molecule has 154 valence electrons. The van der Waals surface area contributed by atoms with Crippen molar-refractivity contribution in [3.8, 4) is 5.75 Å². The van der Waals surface area contributed by atoms with Crippen molar-refractivity contribution < 1.29 is 22.3 Å². The van der Waals surface area contributed by atoms with Gasteiger partial charge in [0, 0.05) is 30.4 Å². The standard InChI is InChI=1S/C21H18F4N2O.ClH/c22-18-5-4-15(10-17(18)21(23,24)25)28-20-7-6-19(20)27-12-14-3-1-2-13-11-26-9-8-16(13)14;/h1-5,8-11,19-20,27H,6-7,12H2;1H/t19-,20-;/m1./s1. The van der Waals surface area contributed by atoms with Crippen molar-refractivity contribution in [2.75, 3.05) is 0 Å². The molecule has 1 N–H and O–H groups in total. The van der Waals surface area contributed by atoms with Gasteiger partial charge in [-0.25, -0.2) is 4.39 Å². The highest BCUT2D eigenvalue weighted by Crippen LogP contribution is 2.35. The van der Waals surface area contributed by atoms with Gasteiger partial charge >= 0.3 is 6.18 Å². The van der Waals surface area contributed by atoms with E-state index in [1.165, 1.54) is 6.07 Å². The number of hydrogen-bond acceptors (Lipinski definition) is 3. The number of alkyl halides is 3. The fourth-order valence-corrected chi connectivity index (χ4v) is 3.40. The van der Waals surface area contributed by atoms with Gasteiger partial charge in [-0.15, -0.1) is 12.4 Å². The lowest BCUT2D eigenvalue weighted by Crippen LogP contribution is -2.50. The van der Waals surface area contributed by atoms with Crippen LogP contribution in [0, 0.1) is 5.82 Å². The van der Waals surface area contributed by atoms with Crippen LogP contribution in [0.4, 0.5) is 17.6 Å². The Morgan fingerprint density at radius 3 is 2.66 bits per heavy atom. The van der Waals surface area contributed by atoms with Gasteiger partial charge in [-0.3, -0.25) is 4.98 Å². The fourth-order valence-electron chi connectivity index (χ4n) is 3.40. The van der Waals surface area contributed by atoms with Crippen LogP contribution in [-0.2, 0) is 12.7 Å². The first-order valence-corrected chi connectivity index (χ1v) is 9.00. The number of aromatic nitrogens is 1. The highest BCUT2D eigenvalue weighted by molar-refractivity contribution is 5.85. The summed E-state index contributed by atoms with van der Waals surface area (Å²) in [5.41, 5.74) is -0.190. The van der Waals surface area contributed by atoms with E-state index in [-0.39, 0.29) is 30.3 Å². The van der Waals surface area contributed by atoms with Gasteiger partial charge in [-0.2, -0.15) is 13.2 Å². The predicted molar refractivity (Wildman–Crippen MR) is 105 cm³/mol. The molecule has 3 nitrogen and oxygen atoms in total. The summed E-state index contributed by atoms with van der Waals surface area (Å²) < 4.78 is 57.7. The van der Waals surface area contributed by atoms with Crippen LogP contribution in [0.15, 0.2) is 54.9 Å². The molecule has 2 atom stereocenters. The minimum Gasteiger partial charge on any atom is -0.489 e. The summed E-state index contributed by atoms with van der Waals surface area (Å²) in [5.74, 6) is -1.27. The highest BCUT2D eigenvalue weighted by atomic mass is 35.5. The van der Waals surface area contributed by atoms with E-state index >= 15 is 0 Å². The largest absolute Gasteiger partial charge is 0.489 e. The van der Waals surface area contributed by atoms with E-state index in [9.17, 15) is 17.6 Å². The zero-order chi connectivity index (χ0) is 19.7. The molecule has 3 aromatic rings. The summed E-state index contributed by atoms with van der Waals surface area (Å²) in [6, 6.07) is 10.7. The molecule has 1 fully saturated rings. The number of benzene rings is 2. The van der Waals surface area contributed by atoms with E-state index in [0.717, 1.165) is 41.3 Å². The summed E-state index contributed by atoms with van der Waals surface area (Å²) in [7, 11) is 0. The molecule has 29 heavy (non-hydrogen) atoms. The molecule has 1 saturated carbocycles. The molecular weight excluding hydrogens is 408 g/mol. The van der Waals surface area contributed by atoms with Crippen molar-refractivity contribution in [2.24, 2.45) is 0 Å². The first-order chi connectivity index (χ1) is 13.4. The number of fused-ring (bicyclic) bond motifs is 1. The minimum absolute atomic E-state index is 0. The van der Waals surface area contributed by atoms with E-state index < -0.39 is 17.6 Å². The van der Waals surface area contributed by atoms with Crippen LogP contribution in [0.2, 0.25) is 0 Å². The van der Waals surface area contributed by atoms with Gasteiger partial charge in [-0.05, 0) is 48.1 Å². The Kier molecular flexibility index (Phi) is 6.29. The Bertz CT molecular complexity index is 991. The number of nitrogens with one attached hydrogen (secondary N) is 1. The maximum Gasteiger partial charge on any atom is 0.419 e. The molecule has 0 amide bonds. The van der Waals surface area contributed by atoms with Gasteiger partial charge in [0.15, 0.2) is 0 Å². The second-order valence-corrected chi connectivity index (χ2v) is 6.87. The first kappa shape index (κ1) is 21.3. The van der Waals surface area contributed by atoms with Crippen LogP contribution in [0.5, 0.6) is 5.75 Å². The van der Waals surface area contributed by atoms with Crippen molar-refractivity contribution in [3.05, 3.63) is 71.8 Å². The second kappa shape index (κ2) is 8.55. The van der Waals surface area contributed by atoms with E-state index in [2.05, 4.69) is 10.3 Å². The van der Waals surface area contributed by atoms with Gasteiger partial charge < -0.3 is 10.1 Å². The monoisotopic (exact) mass is 426 g/mol. The molecule has 1 aliphatic rings. The van der Waals surface area contributed by atoms with Crippen molar-refractivity contribution in [2.45, 2.75) is 37.7 Å². The molecule has 0 unspecified atom stereocenters. The molecule has 1 heterocycles. The van der Waals surface area contributed by atoms with Gasteiger partial charge in [0.1, 0.15) is 17.7 Å².